The highest BCUT2D eigenvalue weighted by atomic mass is 19.1. The second-order valence-electron chi connectivity index (χ2n) is 10.4. The van der Waals surface area contributed by atoms with Crippen molar-refractivity contribution in [1.82, 2.24) is 30.5 Å². The average molecular weight is 549 g/mol. The summed E-state index contributed by atoms with van der Waals surface area (Å²) >= 11 is 0. The van der Waals surface area contributed by atoms with Crippen LogP contribution < -0.4 is 15.4 Å². The molecule has 1 saturated heterocycles. The molecule has 1 fully saturated rings. The van der Waals surface area contributed by atoms with Crippen LogP contribution in [0.2, 0.25) is 0 Å². The highest BCUT2D eigenvalue weighted by Crippen LogP contribution is 2.36. The van der Waals surface area contributed by atoms with E-state index in [1.807, 2.05) is 36.5 Å². The van der Waals surface area contributed by atoms with Crippen LogP contribution in [-0.4, -0.2) is 69.9 Å². The Morgan fingerprint density at radius 1 is 1.07 bits per heavy atom. The summed E-state index contributed by atoms with van der Waals surface area (Å²) in [6.45, 7) is 1.49. The van der Waals surface area contributed by atoms with Gasteiger partial charge in [-0.1, -0.05) is 41.6 Å². The highest BCUT2D eigenvalue weighted by molar-refractivity contribution is 5.90. The molecule has 2 aliphatic rings. The number of aromatic nitrogens is 3. The topological polar surface area (TPSA) is 118 Å². The maximum atomic E-state index is 14.0. The summed E-state index contributed by atoms with van der Waals surface area (Å²) in [5.74, 6) is -0.864. The van der Waals surface area contributed by atoms with Gasteiger partial charge in [0.15, 0.2) is 6.61 Å². The standard InChI is InChI=1S/C29H33FN6O4/c30-22-8-4-9-24(17-22)40-20-26(37)35-14-10-29(11-15-35)18-23-19-36(34-33-23)13-5-12-31-27(38)25(32-28(29)39)16-21-6-2-1-3-7-21/h1-4,6-9,17,19,25H,5,10-16,18,20H2,(H,31,38)(H,32,39)/t25-/m0/s1. The quantitative estimate of drug-likeness (QED) is 0.503. The number of carbonyl (C=O) groups is 3. The second kappa shape index (κ2) is 12.3. The minimum absolute atomic E-state index is 0.226. The monoisotopic (exact) mass is 548 g/mol. The fourth-order valence-electron chi connectivity index (χ4n) is 5.28. The van der Waals surface area contributed by atoms with E-state index in [0.717, 1.165) is 5.56 Å². The molecule has 2 bridgehead atoms. The number of ether oxygens (including phenoxy) is 1. The molecule has 5 rings (SSSR count). The molecule has 0 unspecified atom stereocenters. The lowest BCUT2D eigenvalue weighted by molar-refractivity contribution is -0.143. The smallest absolute Gasteiger partial charge is 0.260 e. The Hall–Kier alpha value is -4.28. The Morgan fingerprint density at radius 2 is 1.88 bits per heavy atom. The molecule has 210 valence electrons. The van der Waals surface area contributed by atoms with Crippen LogP contribution in [-0.2, 0) is 33.8 Å². The zero-order valence-electron chi connectivity index (χ0n) is 22.2. The minimum atomic E-state index is -0.871. The molecule has 3 heterocycles. The van der Waals surface area contributed by atoms with Crippen LogP contribution in [0.5, 0.6) is 5.75 Å². The van der Waals surface area contributed by atoms with Gasteiger partial charge in [0, 0.05) is 51.3 Å². The van der Waals surface area contributed by atoms with Crippen molar-refractivity contribution in [3.63, 3.8) is 0 Å². The molecular formula is C29H33FN6O4. The van der Waals surface area contributed by atoms with E-state index in [0.29, 0.717) is 64.0 Å². The first-order valence-corrected chi connectivity index (χ1v) is 13.6. The lowest BCUT2D eigenvalue weighted by Gasteiger charge is -2.41. The van der Waals surface area contributed by atoms with E-state index < -0.39 is 17.3 Å². The number of carbonyl (C=O) groups excluding carboxylic acids is 3. The minimum Gasteiger partial charge on any atom is -0.484 e. The van der Waals surface area contributed by atoms with E-state index in [2.05, 4.69) is 20.9 Å². The predicted molar refractivity (Wildman–Crippen MR) is 144 cm³/mol. The number of aryl methyl sites for hydroxylation is 1. The molecule has 10 nitrogen and oxygen atoms in total. The molecule has 1 atom stereocenters. The number of amides is 3. The summed E-state index contributed by atoms with van der Waals surface area (Å²) in [5, 5.41) is 14.5. The van der Waals surface area contributed by atoms with Gasteiger partial charge >= 0.3 is 0 Å². The molecule has 0 radical (unpaired) electrons. The first kappa shape index (κ1) is 27.3. The number of hydrogen-bond donors (Lipinski definition) is 2. The fraction of sp³-hybridized carbons (Fsp3) is 0.414. The van der Waals surface area contributed by atoms with Crippen molar-refractivity contribution >= 4 is 17.7 Å². The third kappa shape index (κ3) is 6.64. The van der Waals surface area contributed by atoms with Gasteiger partial charge in [-0.3, -0.25) is 19.1 Å². The molecule has 2 aromatic carbocycles. The predicted octanol–water partition coefficient (Wildman–Crippen LogP) is 1.89. The van der Waals surface area contributed by atoms with E-state index in [1.165, 1.54) is 18.2 Å². The molecule has 3 amide bonds. The number of nitrogens with zero attached hydrogens (tertiary/aromatic N) is 4. The number of likely N-dealkylation sites (tertiary alicyclic amines) is 1. The SMILES string of the molecule is O=C1NCCCn2cc(nn2)CC2(CCN(C(=O)COc3cccc(F)c3)CC2)C(=O)N[C@H]1Cc1ccccc1. The van der Waals surface area contributed by atoms with Crippen LogP contribution in [0.3, 0.4) is 0 Å². The van der Waals surface area contributed by atoms with Crippen LogP contribution in [0.1, 0.15) is 30.5 Å². The summed E-state index contributed by atoms with van der Waals surface area (Å²) in [4.78, 5) is 41.7. The lowest BCUT2D eigenvalue weighted by Crippen LogP contribution is -2.56. The van der Waals surface area contributed by atoms with Gasteiger partial charge in [0.2, 0.25) is 11.8 Å². The number of fused-ring (bicyclic) bond motifs is 2. The van der Waals surface area contributed by atoms with E-state index in [-0.39, 0.29) is 30.1 Å². The van der Waals surface area contributed by atoms with Gasteiger partial charge in [-0.25, -0.2) is 4.39 Å². The van der Waals surface area contributed by atoms with Gasteiger partial charge in [-0.05, 0) is 37.0 Å². The van der Waals surface area contributed by atoms with Crippen LogP contribution in [0, 0.1) is 11.2 Å². The van der Waals surface area contributed by atoms with Gasteiger partial charge < -0.3 is 20.3 Å². The van der Waals surface area contributed by atoms with E-state index >= 15 is 0 Å². The zero-order chi connectivity index (χ0) is 28.0. The normalized spacial score (nSPS) is 19.5. The van der Waals surface area contributed by atoms with E-state index in [4.69, 9.17) is 4.74 Å². The molecule has 2 aliphatic heterocycles. The number of benzene rings is 2. The summed E-state index contributed by atoms with van der Waals surface area (Å²) in [7, 11) is 0. The maximum absolute atomic E-state index is 14.0. The van der Waals surface area contributed by atoms with Crippen LogP contribution in [0.4, 0.5) is 4.39 Å². The molecule has 0 aliphatic carbocycles. The third-order valence-electron chi connectivity index (χ3n) is 7.59. The third-order valence-corrected chi connectivity index (χ3v) is 7.59. The van der Waals surface area contributed by atoms with Gasteiger partial charge in [-0.15, -0.1) is 5.10 Å². The van der Waals surface area contributed by atoms with Crippen LogP contribution in [0.15, 0.2) is 60.8 Å². The van der Waals surface area contributed by atoms with Crippen molar-refractivity contribution in [3.05, 3.63) is 77.9 Å². The Morgan fingerprint density at radius 3 is 2.65 bits per heavy atom. The van der Waals surface area contributed by atoms with Crippen LogP contribution in [0.25, 0.3) is 0 Å². The molecule has 1 spiro atoms. The summed E-state index contributed by atoms with van der Waals surface area (Å²) < 4.78 is 20.7. The molecule has 1 aromatic heterocycles. The molecule has 0 saturated carbocycles. The summed E-state index contributed by atoms with van der Waals surface area (Å²) in [5.41, 5.74) is 0.772. The van der Waals surface area contributed by atoms with Gasteiger partial charge in [0.1, 0.15) is 17.6 Å². The van der Waals surface area contributed by atoms with Crippen molar-refractivity contribution in [2.75, 3.05) is 26.2 Å². The molecule has 40 heavy (non-hydrogen) atoms. The Balaban J connectivity index is 1.31. The first-order valence-electron chi connectivity index (χ1n) is 13.6. The average Bonchev–Trinajstić information content (AvgIpc) is 3.41. The van der Waals surface area contributed by atoms with Crippen molar-refractivity contribution in [2.24, 2.45) is 5.41 Å². The van der Waals surface area contributed by atoms with E-state index in [9.17, 15) is 18.8 Å². The number of nitrogens with one attached hydrogen (secondary N) is 2. The Kier molecular flexibility index (Phi) is 8.37. The van der Waals surface area contributed by atoms with Crippen molar-refractivity contribution in [1.29, 1.82) is 0 Å². The maximum Gasteiger partial charge on any atom is 0.260 e. The number of halogens is 1. The molecule has 3 aromatic rings. The van der Waals surface area contributed by atoms with Crippen molar-refractivity contribution in [3.8, 4) is 5.75 Å². The molecular weight excluding hydrogens is 515 g/mol. The zero-order valence-corrected chi connectivity index (χ0v) is 22.2. The number of hydrogen-bond acceptors (Lipinski definition) is 6. The molecule has 2 N–H and O–H groups in total. The number of rotatable bonds is 5. The first-order chi connectivity index (χ1) is 19.4. The summed E-state index contributed by atoms with van der Waals surface area (Å²) in [6.07, 6.45) is 4.01. The molecule has 11 heteroatoms. The van der Waals surface area contributed by atoms with Crippen LogP contribution >= 0.6 is 0 Å². The van der Waals surface area contributed by atoms with Gasteiger partial charge in [0.05, 0.1) is 11.1 Å². The van der Waals surface area contributed by atoms with Crippen molar-refractivity contribution in [2.45, 2.75) is 44.7 Å². The van der Waals surface area contributed by atoms with Crippen molar-refractivity contribution < 1.29 is 23.5 Å². The number of piperidine rings is 1. The highest BCUT2D eigenvalue weighted by Gasteiger charge is 2.44. The Labute approximate surface area is 231 Å². The fourth-order valence-corrected chi connectivity index (χ4v) is 5.28. The summed E-state index contributed by atoms with van der Waals surface area (Å²) in [6, 6.07) is 14.5. The second-order valence-corrected chi connectivity index (χ2v) is 10.4. The van der Waals surface area contributed by atoms with Gasteiger partial charge in [0.25, 0.3) is 5.91 Å². The van der Waals surface area contributed by atoms with E-state index in [1.54, 1.807) is 15.6 Å². The Bertz CT molecular complexity index is 1340. The largest absolute Gasteiger partial charge is 0.484 e. The lowest BCUT2D eigenvalue weighted by atomic mass is 9.73. The van der Waals surface area contributed by atoms with Gasteiger partial charge in [-0.2, -0.15) is 0 Å².